The molecule has 0 heterocycles. The third-order valence-corrected chi connectivity index (χ3v) is 5.54. The SMILES string of the molecule is Nc1ccc(S(=O)(=O)c2ccc(N(CCCl)CCCl)cc2)cc1. The fourth-order valence-corrected chi connectivity index (χ4v) is 3.86. The van der Waals surface area contributed by atoms with Crippen molar-refractivity contribution in [2.75, 3.05) is 35.5 Å². The maximum Gasteiger partial charge on any atom is 0.206 e. The molecule has 0 atom stereocenters. The summed E-state index contributed by atoms with van der Waals surface area (Å²) < 4.78 is 25.2. The van der Waals surface area contributed by atoms with Crippen LogP contribution in [-0.2, 0) is 9.84 Å². The number of benzene rings is 2. The van der Waals surface area contributed by atoms with Gasteiger partial charge in [0.05, 0.1) is 9.79 Å². The number of anilines is 2. The number of sulfone groups is 1. The van der Waals surface area contributed by atoms with Crippen LogP contribution in [0, 0.1) is 0 Å². The number of hydrogen-bond acceptors (Lipinski definition) is 4. The summed E-state index contributed by atoms with van der Waals surface area (Å²) in [6.07, 6.45) is 0. The quantitative estimate of drug-likeness (QED) is 0.597. The molecule has 2 aromatic carbocycles. The van der Waals surface area contributed by atoms with Crippen LogP contribution < -0.4 is 10.6 Å². The lowest BCUT2D eigenvalue weighted by Crippen LogP contribution is -2.27. The summed E-state index contributed by atoms with van der Waals surface area (Å²) >= 11 is 11.6. The van der Waals surface area contributed by atoms with E-state index in [4.69, 9.17) is 28.9 Å². The molecule has 23 heavy (non-hydrogen) atoms. The van der Waals surface area contributed by atoms with Crippen LogP contribution in [0.2, 0.25) is 0 Å². The first-order valence-electron chi connectivity index (χ1n) is 7.06. The van der Waals surface area contributed by atoms with Gasteiger partial charge in [-0.25, -0.2) is 8.42 Å². The fraction of sp³-hybridized carbons (Fsp3) is 0.250. The van der Waals surface area contributed by atoms with Gasteiger partial charge in [0, 0.05) is 36.2 Å². The van der Waals surface area contributed by atoms with Gasteiger partial charge in [0.2, 0.25) is 9.84 Å². The molecule has 0 aliphatic rings. The highest BCUT2D eigenvalue weighted by Crippen LogP contribution is 2.24. The van der Waals surface area contributed by atoms with Crippen LogP contribution in [0.15, 0.2) is 58.3 Å². The average molecular weight is 373 g/mol. The lowest BCUT2D eigenvalue weighted by Gasteiger charge is -2.23. The highest BCUT2D eigenvalue weighted by atomic mass is 35.5. The lowest BCUT2D eigenvalue weighted by molar-refractivity contribution is 0.596. The summed E-state index contributed by atoms with van der Waals surface area (Å²) in [4.78, 5) is 2.47. The molecule has 2 rings (SSSR count). The van der Waals surface area contributed by atoms with E-state index in [-0.39, 0.29) is 9.79 Å². The first-order chi connectivity index (χ1) is 11.0. The second-order valence-corrected chi connectivity index (χ2v) is 7.64. The topological polar surface area (TPSA) is 63.4 Å². The number of hydrogen-bond donors (Lipinski definition) is 1. The molecule has 4 nitrogen and oxygen atoms in total. The number of rotatable bonds is 7. The summed E-state index contributed by atoms with van der Waals surface area (Å²) in [5.74, 6) is 0.949. The minimum atomic E-state index is -3.55. The third-order valence-electron chi connectivity index (χ3n) is 3.41. The van der Waals surface area contributed by atoms with Crippen molar-refractivity contribution in [3.63, 3.8) is 0 Å². The van der Waals surface area contributed by atoms with Gasteiger partial charge in [-0.1, -0.05) is 0 Å². The predicted molar refractivity (Wildman–Crippen MR) is 96.4 cm³/mol. The van der Waals surface area contributed by atoms with Gasteiger partial charge in [0.25, 0.3) is 0 Å². The molecule has 0 aliphatic carbocycles. The Hall–Kier alpha value is -1.43. The van der Waals surface area contributed by atoms with Crippen LogP contribution >= 0.6 is 23.2 Å². The van der Waals surface area contributed by atoms with Gasteiger partial charge >= 0.3 is 0 Å². The number of nitrogens with two attached hydrogens (primary N) is 1. The molecule has 0 aromatic heterocycles. The zero-order valence-corrected chi connectivity index (χ0v) is 14.8. The van der Waals surface area contributed by atoms with Gasteiger partial charge in [0.15, 0.2) is 0 Å². The normalized spacial score (nSPS) is 11.4. The van der Waals surface area contributed by atoms with Crippen molar-refractivity contribution in [1.82, 2.24) is 0 Å². The van der Waals surface area contributed by atoms with Gasteiger partial charge in [-0.2, -0.15) is 0 Å². The Labute approximate surface area is 146 Å². The predicted octanol–water partition coefficient (Wildman–Crippen LogP) is 3.39. The van der Waals surface area contributed by atoms with Gasteiger partial charge in [-0.15, -0.1) is 23.2 Å². The maximum absolute atomic E-state index is 12.6. The summed E-state index contributed by atoms with van der Waals surface area (Å²) in [5, 5.41) is 0. The Morgan fingerprint density at radius 3 is 1.70 bits per heavy atom. The highest BCUT2D eigenvalue weighted by molar-refractivity contribution is 7.91. The molecule has 0 saturated carbocycles. The fourth-order valence-electron chi connectivity index (χ4n) is 2.19. The van der Waals surface area contributed by atoms with Crippen LogP contribution in [0.3, 0.4) is 0 Å². The van der Waals surface area contributed by atoms with Crippen LogP contribution in [0.25, 0.3) is 0 Å². The van der Waals surface area contributed by atoms with Crippen molar-refractivity contribution >= 4 is 44.4 Å². The standard InChI is InChI=1S/C16H18Cl2N2O2S/c17-9-11-20(12-10-18)14-3-7-16(8-4-14)23(21,22)15-5-1-13(19)2-6-15/h1-8H,9-12,19H2. The summed E-state index contributed by atoms with van der Waals surface area (Å²) in [5.41, 5.74) is 7.01. The number of halogens is 2. The van der Waals surface area contributed by atoms with Crippen molar-refractivity contribution in [2.45, 2.75) is 9.79 Å². The van der Waals surface area contributed by atoms with Crippen LogP contribution in [0.1, 0.15) is 0 Å². The largest absolute Gasteiger partial charge is 0.399 e. The van der Waals surface area contributed by atoms with Gasteiger partial charge in [-0.05, 0) is 48.5 Å². The molecule has 0 amide bonds. The van der Waals surface area contributed by atoms with Gasteiger partial charge in [-0.3, -0.25) is 0 Å². The smallest absolute Gasteiger partial charge is 0.206 e. The van der Waals surface area contributed by atoms with Crippen LogP contribution in [0.5, 0.6) is 0 Å². The van der Waals surface area contributed by atoms with E-state index in [9.17, 15) is 8.42 Å². The number of nitrogens with zero attached hydrogens (tertiary/aromatic N) is 1. The number of nitrogen functional groups attached to an aromatic ring is 1. The van der Waals surface area contributed by atoms with Crippen molar-refractivity contribution in [3.05, 3.63) is 48.5 Å². The number of alkyl halides is 2. The maximum atomic E-state index is 12.6. The van der Waals surface area contributed by atoms with E-state index in [0.717, 1.165) is 5.69 Å². The van der Waals surface area contributed by atoms with E-state index in [1.165, 1.54) is 12.1 Å². The van der Waals surface area contributed by atoms with Crippen molar-refractivity contribution in [2.24, 2.45) is 0 Å². The van der Waals surface area contributed by atoms with E-state index in [1.807, 2.05) is 4.90 Å². The summed E-state index contributed by atoms with van der Waals surface area (Å²) in [7, 11) is -3.55. The van der Waals surface area contributed by atoms with E-state index >= 15 is 0 Å². The molecule has 2 aromatic rings. The van der Waals surface area contributed by atoms with Gasteiger partial charge < -0.3 is 10.6 Å². The molecule has 0 bridgehead atoms. The Balaban J connectivity index is 2.29. The Bertz CT molecular complexity index is 726. The molecule has 0 radical (unpaired) electrons. The Morgan fingerprint density at radius 1 is 0.826 bits per heavy atom. The van der Waals surface area contributed by atoms with Crippen molar-refractivity contribution in [3.8, 4) is 0 Å². The second-order valence-electron chi connectivity index (χ2n) is 4.93. The molecule has 0 saturated heterocycles. The molecular formula is C16H18Cl2N2O2S. The molecule has 2 N–H and O–H groups in total. The molecule has 7 heteroatoms. The molecule has 0 unspecified atom stereocenters. The van der Waals surface area contributed by atoms with Gasteiger partial charge in [0.1, 0.15) is 0 Å². The van der Waals surface area contributed by atoms with E-state index in [2.05, 4.69) is 0 Å². The first-order valence-corrected chi connectivity index (χ1v) is 9.62. The Kier molecular flexibility index (Phi) is 6.16. The average Bonchev–Trinajstić information content (AvgIpc) is 2.55. The molecular weight excluding hydrogens is 355 g/mol. The zero-order chi connectivity index (χ0) is 16.9. The minimum Gasteiger partial charge on any atom is -0.399 e. The lowest BCUT2D eigenvalue weighted by atomic mass is 10.3. The van der Waals surface area contributed by atoms with E-state index < -0.39 is 9.84 Å². The molecule has 0 fully saturated rings. The second kappa shape index (κ2) is 7.90. The third kappa shape index (κ3) is 4.31. The first kappa shape index (κ1) is 17.9. The molecule has 0 spiro atoms. The summed E-state index contributed by atoms with van der Waals surface area (Å²) in [6.45, 7) is 1.30. The highest BCUT2D eigenvalue weighted by Gasteiger charge is 2.17. The van der Waals surface area contributed by atoms with Crippen molar-refractivity contribution < 1.29 is 8.42 Å². The monoisotopic (exact) mass is 372 g/mol. The van der Waals surface area contributed by atoms with Crippen LogP contribution in [-0.4, -0.2) is 33.3 Å². The van der Waals surface area contributed by atoms with Crippen molar-refractivity contribution in [1.29, 1.82) is 0 Å². The molecule has 124 valence electrons. The molecule has 0 aliphatic heterocycles. The Morgan fingerprint density at radius 2 is 1.26 bits per heavy atom. The minimum absolute atomic E-state index is 0.220. The van der Waals surface area contributed by atoms with E-state index in [1.54, 1.807) is 36.4 Å². The zero-order valence-electron chi connectivity index (χ0n) is 12.5. The van der Waals surface area contributed by atoms with Crippen LogP contribution in [0.4, 0.5) is 11.4 Å². The summed E-state index contributed by atoms with van der Waals surface area (Å²) in [6, 6.07) is 12.9. The van der Waals surface area contributed by atoms with E-state index in [0.29, 0.717) is 30.5 Å².